The number of aliphatic hydroxyl groups excluding tert-OH is 1. The van der Waals surface area contributed by atoms with E-state index in [1.165, 1.54) is 11.8 Å². The zero-order chi connectivity index (χ0) is 23.8. The average molecular weight is 459 g/mol. The summed E-state index contributed by atoms with van der Waals surface area (Å²) < 4.78 is 0. The summed E-state index contributed by atoms with van der Waals surface area (Å²) >= 11 is 1.34. The number of carbonyl (C=O) groups is 1. The summed E-state index contributed by atoms with van der Waals surface area (Å²) in [7, 11) is 3.29. The van der Waals surface area contributed by atoms with Gasteiger partial charge in [0.25, 0.3) is 5.91 Å². The van der Waals surface area contributed by atoms with Crippen LogP contribution in [0, 0.1) is 22.7 Å². The van der Waals surface area contributed by atoms with Crippen molar-refractivity contribution in [1.29, 1.82) is 10.5 Å². The normalized spacial score (nSPS) is 10.2. The Labute approximate surface area is 196 Å². The fourth-order valence-corrected chi connectivity index (χ4v) is 4.19. The number of aromatic nitrogens is 2. The fraction of sp³-hybridized carbons (Fsp3) is 0.208. The van der Waals surface area contributed by atoms with Crippen LogP contribution in [0.5, 0.6) is 0 Å². The molecule has 9 heteroatoms. The van der Waals surface area contributed by atoms with Gasteiger partial charge in [0, 0.05) is 38.2 Å². The molecule has 3 aromatic rings. The molecule has 2 heterocycles. The van der Waals surface area contributed by atoms with Gasteiger partial charge in [-0.1, -0.05) is 30.3 Å². The maximum Gasteiger partial charge on any atom is 0.269 e. The Kier molecular flexibility index (Phi) is 7.98. The molecule has 33 heavy (non-hydrogen) atoms. The lowest BCUT2D eigenvalue weighted by atomic mass is 9.96. The summed E-state index contributed by atoms with van der Waals surface area (Å²) in [6, 6.07) is 17.2. The van der Waals surface area contributed by atoms with Crippen molar-refractivity contribution in [2.45, 2.75) is 10.8 Å². The van der Waals surface area contributed by atoms with Crippen molar-refractivity contribution >= 4 is 23.5 Å². The number of nitrogens with zero attached hydrogens (tertiary/aromatic N) is 5. The number of nitrogens with one attached hydrogen (secondary N) is 1. The predicted octanol–water partition coefficient (Wildman–Crippen LogP) is 2.97. The van der Waals surface area contributed by atoms with Crippen molar-refractivity contribution in [3.63, 3.8) is 0 Å². The number of nitriles is 2. The summed E-state index contributed by atoms with van der Waals surface area (Å²) in [6.45, 7) is 0.178. The summed E-state index contributed by atoms with van der Waals surface area (Å²) in [5.41, 5.74) is 2.98. The zero-order valence-electron chi connectivity index (χ0n) is 18.2. The average Bonchev–Trinajstić information content (AvgIpc) is 2.86. The second-order valence-electron chi connectivity index (χ2n) is 7.02. The van der Waals surface area contributed by atoms with Crippen LogP contribution >= 0.6 is 11.8 Å². The van der Waals surface area contributed by atoms with Gasteiger partial charge in [0.1, 0.15) is 34.2 Å². The lowest BCUT2D eigenvalue weighted by molar-refractivity contribution is 0.0958. The van der Waals surface area contributed by atoms with Crippen molar-refractivity contribution < 1.29 is 9.90 Å². The first-order valence-electron chi connectivity index (χ1n) is 10.1. The molecule has 0 aliphatic rings. The van der Waals surface area contributed by atoms with Gasteiger partial charge in [-0.2, -0.15) is 10.5 Å². The molecule has 0 atom stereocenters. The topological polar surface area (TPSA) is 126 Å². The van der Waals surface area contributed by atoms with Gasteiger partial charge in [0.15, 0.2) is 0 Å². The summed E-state index contributed by atoms with van der Waals surface area (Å²) in [6.07, 6.45) is 1.56. The van der Waals surface area contributed by atoms with E-state index in [2.05, 4.69) is 27.4 Å². The van der Waals surface area contributed by atoms with Crippen LogP contribution in [0.1, 0.15) is 27.2 Å². The summed E-state index contributed by atoms with van der Waals surface area (Å²) in [5.74, 6) is 0.556. The molecular weight excluding hydrogens is 436 g/mol. The number of rotatable bonds is 8. The third-order valence-electron chi connectivity index (χ3n) is 4.89. The molecule has 1 aromatic carbocycles. The molecule has 0 bridgehead atoms. The highest BCUT2D eigenvalue weighted by Gasteiger charge is 2.23. The van der Waals surface area contributed by atoms with E-state index in [9.17, 15) is 20.4 Å². The van der Waals surface area contributed by atoms with Crippen molar-refractivity contribution in [3.05, 3.63) is 71.0 Å². The third-order valence-corrected chi connectivity index (χ3v) is 5.93. The number of pyridine rings is 2. The second kappa shape index (κ2) is 11.1. The van der Waals surface area contributed by atoms with E-state index in [1.54, 1.807) is 37.3 Å². The minimum absolute atomic E-state index is 0.106. The maximum absolute atomic E-state index is 11.9. The molecule has 0 fully saturated rings. The van der Waals surface area contributed by atoms with Gasteiger partial charge < -0.3 is 15.3 Å². The van der Waals surface area contributed by atoms with Gasteiger partial charge in [-0.05, 0) is 23.3 Å². The number of hydrogen-bond acceptors (Lipinski definition) is 8. The molecule has 0 radical (unpaired) electrons. The predicted molar refractivity (Wildman–Crippen MR) is 127 cm³/mol. The molecule has 166 valence electrons. The van der Waals surface area contributed by atoms with E-state index in [4.69, 9.17) is 0 Å². The molecule has 0 saturated heterocycles. The first kappa shape index (κ1) is 23.7. The minimum atomic E-state index is -0.282. The highest BCUT2D eigenvalue weighted by Crippen LogP contribution is 2.38. The molecule has 8 nitrogen and oxygen atoms in total. The number of likely N-dealkylation sites (N-methyl/N-ethyl adjacent to an activating group) is 1. The number of hydrogen-bond donors (Lipinski definition) is 2. The number of benzene rings is 1. The molecule has 0 saturated carbocycles. The van der Waals surface area contributed by atoms with E-state index >= 15 is 0 Å². The Balaban J connectivity index is 2.11. The molecule has 2 N–H and O–H groups in total. The summed E-state index contributed by atoms with van der Waals surface area (Å²) in [5, 5.41) is 32.4. The van der Waals surface area contributed by atoms with Crippen LogP contribution in [0.3, 0.4) is 0 Å². The number of aliphatic hydroxyl groups is 1. The lowest BCUT2D eigenvalue weighted by Crippen LogP contribution is -2.24. The molecule has 0 aliphatic carbocycles. The van der Waals surface area contributed by atoms with Gasteiger partial charge in [0.2, 0.25) is 0 Å². The van der Waals surface area contributed by atoms with E-state index in [-0.39, 0.29) is 24.6 Å². The maximum atomic E-state index is 11.9. The van der Waals surface area contributed by atoms with Crippen LogP contribution in [-0.4, -0.2) is 48.2 Å². The van der Waals surface area contributed by atoms with Crippen molar-refractivity contribution in [1.82, 2.24) is 15.3 Å². The second-order valence-corrected chi connectivity index (χ2v) is 7.98. The van der Waals surface area contributed by atoms with Crippen LogP contribution in [0.4, 0.5) is 5.82 Å². The van der Waals surface area contributed by atoms with E-state index < -0.39 is 0 Å². The molecule has 0 aliphatic heterocycles. The van der Waals surface area contributed by atoms with Crippen LogP contribution in [0.15, 0.2) is 53.7 Å². The fourth-order valence-electron chi connectivity index (χ4n) is 3.26. The highest BCUT2D eigenvalue weighted by atomic mass is 32.2. The Morgan fingerprint density at radius 1 is 1.18 bits per heavy atom. The molecule has 1 amide bonds. The Morgan fingerprint density at radius 2 is 1.91 bits per heavy atom. The van der Waals surface area contributed by atoms with Crippen molar-refractivity contribution in [2.75, 3.05) is 32.1 Å². The van der Waals surface area contributed by atoms with E-state index in [1.807, 2.05) is 30.3 Å². The SMILES string of the molecule is CNC(=O)c1cc(CSc2nc(N(C)CCO)c(C#N)c(-c3ccccc3)c2C#N)ccn1. The molecule has 2 aromatic heterocycles. The third kappa shape index (κ3) is 5.29. The zero-order valence-corrected chi connectivity index (χ0v) is 19.1. The van der Waals surface area contributed by atoms with Gasteiger partial charge >= 0.3 is 0 Å². The van der Waals surface area contributed by atoms with Crippen molar-refractivity contribution in [2.24, 2.45) is 0 Å². The standard InChI is InChI=1S/C24H22N6O2S/c1-27-23(32)20-12-16(8-9-28-20)15-33-24-19(14-26)21(17-6-4-3-5-7-17)18(13-25)22(29-24)30(2)10-11-31/h3-9,12,31H,10-11,15H2,1-2H3,(H,27,32). The van der Waals surface area contributed by atoms with Crippen LogP contribution in [0.2, 0.25) is 0 Å². The first-order valence-corrected chi connectivity index (χ1v) is 11.1. The number of amides is 1. The largest absolute Gasteiger partial charge is 0.395 e. The molecule has 0 spiro atoms. The van der Waals surface area contributed by atoms with E-state index in [0.717, 1.165) is 11.1 Å². The number of anilines is 1. The monoisotopic (exact) mass is 458 g/mol. The van der Waals surface area contributed by atoms with Crippen molar-refractivity contribution in [3.8, 4) is 23.3 Å². The highest BCUT2D eigenvalue weighted by molar-refractivity contribution is 7.98. The van der Waals surface area contributed by atoms with Crippen LogP contribution in [0.25, 0.3) is 11.1 Å². The van der Waals surface area contributed by atoms with Gasteiger partial charge in [-0.25, -0.2) is 4.98 Å². The quantitative estimate of drug-likeness (QED) is 0.494. The smallest absolute Gasteiger partial charge is 0.269 e. The first-order chi connectivity index (χ1) is 16.0. The Hall–Kier alpha value is -3.92. The van der Waals surface area contributed by atoms with Gasteiger partial charge in [0.05, 0.1) is 12.2 Å². The molecule has 0 unspecified atom stereocenters. The number of carbonyl (C=O) groups excluding carboxylic acids is 1. The van der Waals surface area contributed by atoms with Crippen LogP contribution in [-0.2, 0) is 5.75 Å². The minimum Gasteiger partial charge on any atom is -0.395 e. The lowest BCUT2D eigenvalue weighted by Gasteiger charge is -2.22. The van der Waals surface area contributed by atoms with E-state index in [0.29, 0.717) is 33.4 Å². The van der Waals surface area contributed by atoms with Gasteiger partial charge in [-0.3, -0.25) is 9.78 Å². The number of thioether (sulfide) groups is 1. The Morgan fingerprint density at radius 3 is 2.55 bits per heavy atom. The summed E-state index contributed by atoms with van der Waals surface area (Å²) in [4.78, 5) is 22.3. The molecule has 3 rings (SSSR count). The molecular formula is C24H22N6O2S. The Bertz CT molecular complexity index is 1230. The van der Waals surface area contributed by atoms with Gasteiger partial charge in [-0.15, -0.1) is 11.8 Å². The van der Waals surface area contributed by atoms with Crippen LogP contribution < -0.4 is 10.2 Å².